The van der Waals surface area contributed by atoms with Crippen molar-refractivity contribution in [1.82, 2.24) is 9.80 Å². The van der Waals surface area contributed by atoms with E-state index >= 15 is 0 Å². The van der Waals surface area contributed by atoms with E-state index in [4.69, 9.17) is 4.74 Å². The van der Waals surface area contributed by atoms with Crippen molar-refractivity contribution in [2.75, 3.05) is 45.9 Å². The number of likely N-dealkylation sites (N-methyl/N-ethyl adjacent to an activating group) is 1. The van der Waals surface area contributed by atoms with Crippen LogP contribution in [0.5, 0.6) is 5.75 Å². The molecule has 0 amide bonds. The highest BCUT2D eigenvalue weighted by molar-refractivity contribution is 5.44. The predicted molar refractivity (Wildman–Crippen MR) is 114 cm³/mol. The molecule has 0 aromatic heterocycles. The van der Waals surface area contributed by atoms with Gasteiger partial charge in [0, 0.05) is 38.1 Å². The first-order chi connectivity index (χ1) is 14.1. The highest BCUT2D eigenvalue weighted by Crippen LogP contribution is 2.86. The average Bonchev–Trinajstić information content (AvgIpc) is 3.23. The van der Waals surface area contributed by atoms with Gasteiger partial charge in [0.25, 0.3) is 0 Å². The summed E-state index contributed by atoms with van der Waals surface area (Å²) in [6.07, 6.45) is 7.00. The maximum atomic E-state index is 10.4. The predicted octanol–water partition coefficient (Wildman–Crippen LogP) is 3.14. The van der Waals surface area contributed by atoms with Crippen LogP contribution in [0.4, 0.5) is 0 Å². The normalized spacial score (nSPS) is 41.5. The van der Waals surface area contributed by atoms with E-state index in [0.717, 1.165) is 56.2 Å². The molecular weight excluding hydrogens is 360 g/mol. The third kappa shape index (κ3) is 2.61. The van der Waals surface area contributed by atoms with Gasteiger partial charge in [-0.15, -0.1) is 0 Å². The van der Waals surface area contributed by atoms with E-state index in [1.54, 1.807) is 5.56 Å². The number of ether oxygens (including phenoxy) is 1. The number of hydrogen-bond acceptors (Lipinski definition) is 4. The van der Waals surface area contributed by atoms with Crippen molar-refractivity contribution in [1.29, 1.82) is 0 Å². The number of fused-ring (bicyclic) bond motifs is 1. The van der Waals surface area contributed by atoms with E-state index in [0.29, 0.717) is 24.0 Å². The Morgan fingerprint density at radius 2 is 1.76 bits per heavy atom. The van der Waals surface area contributed by atoms with Gasteiger partial charge >= 0.3 is 0 Å². The molecule has 4 nitrogen and oxygen atoms in total. The minimum atomic E-state index is -0.422. The van der Waals surface area contributed by atoms with E-state index in [1.807, 2.05) is 0 Å². The van der Waals surface area contributed by atoms with Gasteiger partial charge in [-0.25, -0.2) is 0 Å². The van der Waals surface area contributed by atoms with Gasteiger partial charge in [-0.3, -0.25) is 4.90 Å². The zero-order valence-corrected chi connectivity index (χ0v) is 17.9. The molecule has 1 spiro atoms. The summed E-state index contributed by atoms with van der Waals surface area (Å²) >= 11 is 0. The second-order valence-corrected chi connectivity index (χ2v) is 10.7. The Bertz CT molecular complexity index is 759. The molecule has 1 aromatic carbocycles. The number of aliphatic hydroxyl groups is 1. The quantitative estimate of drug-likeness (QED) is 0.768. The van der Waals surface area contributed by atoms with Crippen LogP contribution >= 0.6 is 0 Å². The topological polar surface area (TPSA) is 35.9 Å². The fourth-order valence-electron chi connectivity index (χ4n) is 8.39. The van der Waals surface area contributed by atoms with E-state index in [2.05, 4.69) is 41.0 Å². The van der Waals surface area contributed by atoms with Crippen molar-refractivity contribution in [3.63, 3.8) is 0 Å². The molecule has 1 aromatic rings. The summed E-state index contributed by atoms with van der Waals surface area (Å²) in [4.78, 5) is 4.82. The molecular formula is C25H36N2O2. The Morgan fingerprint density at radius 3 is 2.45 bits per heavy atom. The Labute approximate surface area is 175 Å². The number of nitrogens with zero attached hydrogens (tertiary/aromatic N) is 2. The molecule has 5 fully saturated rings. The summed E-state index contributed by atoms with van der Waals surface area (Å²) in [5, 5.41) is 10.4. The van der Waals surface area contributed by atoms with Crippen LogP contribution in [-0.2, 0) is 5.41 Å². The summed E-state index contributed by atoms with van der Waals surface area (Å²) in [7, 11) is 0. The van der Waals surface area contributed by atoms with E-state index in [1.165, 1.54) is 32.1 Å². The molecule has 4 heteroatoms. The van der Waals surface area contributed by atoms with Crippen molar-refractivity contribution in [2.24, 2.45) is 23.2 Å². The third-order valence-electron chi connectivity index (χ3n) is 9.62. The smallest absolute Gasteiger partial charge is 0.119 e. The molecule has 0 radical (unpaired) electrons. The molecule has 5 aliphatic rings. The van der Waals surface area contributed by atoms with Gasteiger partial charge in [0.05, 0.1) is 0 Å². The van der Waals surface area contributed by atoms with Crippen LogP contribution in [0.2, 0.25) is 0 Å². The lowest BCUT2D eigenvalue weighted by molar-refractivity contribution is -0.198. The zero-order chi connectivity index (χ0) is 19.6. The Hall–Kier alpha value is -1.10. The fourth-order valence-corrected chi connectivity index (χ4v) is 8.39. The number of hydrogen-bond donors (Lipinski definition) is 1. The molecule has 6 atom stereocenters. The summed E-state index contributed by atoms with van der Waals surface area (Å²) in [5.74, 6) is 3.97. The Morgan fingerprint density at radius 1 is 1.00 bits per heavy atom. The van der Waals surface area contributed by atoms with Crippen molar-refractivity contribution >= 4 is 0 Å². The summed E-state index contributed by atoms with van der Waals surface area (Å²) in [6, 6.07) is 8.99. The van der Waals surface area contributed by atoms with E-state index in [-0.39, 0.29) is 0 Å². The minimum Gasteiger partial charge on any atom is -0.491 e. The van der Waals surface area contributed by atoms with Crippen molar-refractivity contribution in [3.8, 4) is 5.75 Å². The van der Waals surface area contributed by atoms with Gasteiger partial charge < -0.3 is 14.7 Å². The Balaban J connectivity index is 1.03. The van der Waals surface area contributed by atoms with E-state index in [9.17, 15) is 5.11 Å². The third-order valence-corrected chi connectivity index (χ3v) is 9.62. The number of piperazine rings is 1. The highest BCUT2D eigenvalue weighted by Gasteiger charge is 2.80. The van der Waals surface area contributed by atoms with Crippen molar-refractivity contribution in [3.05, 3.63) is 29.8 Å². The SMILES string of the molecule is CCN1CCN(CC(O)COc2ccc(C34CC5CC6CC(C3)C64C5)cc2)CC1. The fraction of sp³-hybridized carbons (Fsp3) is 0.760. The first kappa shape index (κ1) is 18.7. The van der Waals surface area contributed by atoms with Gasteiger partial charge in [0.1, 0.15) is 18.5 Å². The van der Waals surface area contributed by atoms with Crippen LogP contribution in [-0.4, -0.2) is 66.9 Å². The maximum absolute atomic E-state index is 10.4. The second kappa shape index (κ2) is 6.70. The van der Waals surface area contributed by atoms with Crippen LogP contribution in [0.25, 0.3) is 0 Å². The monoisotopic (exact) mass is 396 g/mol. The van der Waals surface area contributed by atoms with Gasteiger partial charge in [-0.2, -0.15) is 0 Å². The molecule has 6 unspecified atom stereocenters. The molecule has 1 N–H and O–H groups in total. The minimum absolute atomic E-state index is 0.384. The number of benzene rings is 1. The molecule has 158 valence electrons. The summed E-state index contributed by atoms with van der Waals surface area (Å²) in [5.41, 5.74) is 2.77. The van der Waals surface area contributed by atoms with Gasteiger partial charge in [0.15, 0.2) is 0 Å². The van der Waals surface area contributed by atoms with Gasteiger partial charge in [0.2, 0.25) is 0 Å². The molecule has 4 saturated carbocycles. The van der Waals surface area contributed by atoms with Crippen LogP contribution in [0.15, 0.2) is 24.3 Å². The molecule has 29 heavy (non-hydrogen) atoms. The molecule has 1 heterocycles. The summed E-state index contributed by atoms with van der Waals surface area (Å²) < 4.78 is 5.95. The van der Waals surface area contributed by atoms with Gasteiger partial charge in [-0.05, 0) is 79.5 Å². The number of aliphatic hydroxyl groups excluding tert-OH is 1. The second-order valence-electron chi connectivity index (χ2n) is 10.7. The van der Waals surface area contributed by atoms with Crippen LogP contribution in [0.3, 0.4) is 0 Å². The Kier molecular flexibility index (Phi) is 4.31. The van der Waals surface area contributed by atoms with Crippen LogP contribution < -0.4 is 4.74 Å². The van der Waals surface area contributed by atoms with Crippen LogP contribution in [0.1, 0.15) is 44.6 Å². The highest BCUT2D eigenvalue weighted by atomic mass is 16.5. The standard InChI is InChI=1S/C25H36N2O2/c1-2-26-7-9-27(10-8-26)16-22(28)17-29-23-5-3-19(4-6-23)24-13-18-11-20-12-21(15-24)25(20,24)14-18/h3-6,18,20-22,28H,2,7-17H2,1H3. The lowest BCUT2D eigenvalue weighted by Gasteiger charge is -2.73. The first-order valence-electron chi connectivity index (χ1n) is 12.0. The van der Waals surface area contributed by atoms with Gasteiger partial charge in [-0.1, -0.05) is 19.1 Å². The van der Waals surface area contributed by atoms with Crippen molar-refractivity contribution < 1.29 is 9.84 Å². The molecule has 1 aliphatic heterocycles. The average molecular weight is 397 g/mol. The number of rotatable bonds is 7. The van der Waals surface area contributed by atoms with E-state index < -0.39 is 6.10 Å². The zero-order valence-electron chi connectivity index (χ0n) is 17.9. The summed E-state index contributed by atoms with van der Waals surface area (Å²) in [6.45, 7) is 8.75. The van der Waals surface area contributed by atoms with Crippen molar-refractivity contribution in [2.45, 2.75) is 50.5 Å². The molecule has 4 aliphatic carbocycles. The lowest BCUT2D eigenvalue weighted by Crippen LogP contribution is -2.68. The lowest BCUT2D eigenvalue weighted by atomic mass is 9.31. The first-order valence-corrected chi connectivity index (χ1v) is 12.0. The molecule has 1 saturated heterocycles. The largest absolute Gasteiger partial charge is 0.491 e. The number of β-amino-alcohol motifs (C(OH)–C–C–N with tert-alkyl or cyclic N) is 1. The van der Waals surface area contributed by atoms with Crippen LogP contribution in [0, 0.1) is 23.2 Å². The molecule has 2 bridgehead atoms. The molecule has 6 rings (SSSR count). The maximum Gasteiger partial charge on any atom is 0.119 e.